The molecular formula is C13H18N2. The van der Waals surface area contributed by atoms with Gasteiger partial charge in [0, 0.05) is 12.6 Å². The highest BCUT2D eigenvalue weighted by atomic mass is 14.9. The Morgan fingerprint density at radius 2 is 1.80 bits per heavy atom. The van der Waals surface area contributed by atoms with Crippen LogP contribution in [0.1, 0.15) is 31.9 Å². The van der Waals surface area contributed by atoms with Crippen LogP contribution < -0.4 is 5.32 Å². The van der Waals surface area contributed by atoms with Crippen molar-refractivity contribution in [2.75, 3.05) is 0 Å². The average molecular weight is 202 g/mol. The van der Waals surface area contributed by atoms with Crippen LogP contribution in [0.2, 0.25) is 0 Å². The number of nitrogens with one attached hydrogen (secondary N) is 1. The molecule has 0 saturated heterocycles. The normalized spacial score (nSPS) is 12.5. The molecule has 1 aromatic carbocycles. The van der Waals surface area contributed by atoms with E-state index in [4.69, 9.17) is 5.26 Å². The predicted octanol–water partition coefficient (Wildman–Crippen LogP) is 2.69. The average Bonchev–Trinajstić information content (AvgIpc) is 2.26. The number of hydrogen-bond donors (Lipinski definition) is 1. The first-order valence-corrected chi connectivity index (χ1v) is 5.36. The second kappa shape index (κ2) is 5.53. The highest BCUT2D eigenvalue weighted by molar-refractivity contribution is 5.31. The molecule has 0 aliphatic heterocycles. The molecule has 2 heteroatoms. The summed E-state index contributed by atoms with van der Waals surface area (Å²) >= 11 is 0. The van der Waals surface area contributed by atoms with E-state index in [0.717, 1.165) is 12.1 Å². The van der Waals surface area contributed by atoms with Gasteiger partial charge >= 0.3 is 0 Å². The van der Waals surface area contributed by atoms with Gasteiger partial charge in [-0.25, -0.2) is 0 Å². The monoisotopic (exact) mass is 202 g/mol. The summed E-state index contributed by atoms with van der Waals surface area (Å²) in [5.41, 5.74) is 1.94. The third-order valence-corrected chi connectivity index (χ3v) is 2.71. The SMILES string of the molecule is CC(C)C(C)NCc1ccc(C#N)cc1. The molecule has 0 saturated carbocycles. The van der Waals surface area contributed by atoms with Crippen LogP contribution in [0, 0.1) is 17.2 Å². The zero-order valence-corrected chi connectivity index (χ0v) is 9.62. The lowest BCUT2D eigenvalue weighted by molar-refractivity contribution is 0.426. The maximum atomic E-state index is 8.65. The summed E-state index contributed by atoms with van der Waals surface area (Å²) in [5, 5.41) is 12.1. The Labute approximate surface area is 91.9 Å². The lowest BCUT2D eigenvalue weighted by Crippen LogP contribution is -2.30. The van der Waals surface area contributed by atoms with Crippen molar-refractivity contribution < 1.29 is 0 Å². The first kappa shape index (κ1) is 11.7. The Morgan fingerprint density at radius 3 is 2.27 bits per heavy atom. The zero-order valence-electron chi connectivity index (χ0n) is 9.62. The van der Waals surface area contributed by atoms with E-state index in [1.165, 1.54) is 5.56 Å². The molecule has 0 radical (unpaired) electrons. The minimum absolute atomic E-state index is 0.514. The fourth-order valence-electron chi connectivity index (χ4n) is 1.21. The van der Waals surface area contributed by atoms with Gasteiger partial charge in [0.1, 0.15) is 0 Å². The largest absolute Gasteiger partial charge is 0.310 e. The summed E-state index contributed by atoms with van der Waals surface area (Å²) in [6, 6.07) is 10.3. The molecule has 80 valence electrons. The number of benzene rings is 1. The van der Waals surface area contributed by atoms with Crippen molar-refractivity contribution in [3.63, 3.8) is 0 Å². The van der Waals surface area contributed by atoms with Crippen LogP contribution in [0.15, 0.2) is 24.3 Å². The Hall–Kier alpha value is -1.33. The minimum Gasteiger partial charge on any atom is -0.310 e. The van der Waals surface area contributed by atoms with Crippen molar-refractivity contribution in [2.24, 2.45) is 5.92 Å². The molecule has 0 spiro atoms. The van der Waals surface area contributed by atoms with Crippen molar-refractivity contribution in [1.29, 1.82) is 5.26 Å². The molecule has 1 aromatic rings. The van der Waals surface area contributed by atoms with Gasteiger partial charge in [0.25, 0.3) is 0 Å². The van der Waals surface area contributed by atoms with Gasteiger partial charge in [-0.15, -0.1) is 0 Å². The van der Waals surface area contributed by atoms with Gasteiger partial charge in [-0.1, -0.05) is 26.0 Å². The zero-order chi connectivity index (χ0) is 11.3. The topological polar surface area (TPSA) is 35.8 Å². The van der Waals surface area contributed by atoms with Crippen LogP contribution in [-0.4, -0.2) is 6.04 Å². The van der Waals surface area contributed by atoms with Gasteiger partial charge < -0.3 is 5.32 Å². The van der Waals surface area contributed by atoms with Crippen molar-refractivity contribution in [3.05, 3.63) is 35.4 Å². The van der Waals surface area contributed by atoms with Gasteiger partial charge in [-0.2, -0.15) is 5.26 Å². The van der Waals surface area contributed by atoms with E-state index in [9.17, 15) is 0 Å². The van der Waals surface area contributed by atoms with Crippen molar-refractivity contribution in [3.8, 4) is 6.07 Å². The Bertz CT molecular complexity index is 333. The van der Waals surface area contributed by atoms with Crippen molar-refractivity contribution >= 4 is 0 Å². The molecule has 1 N–H and O–H groups in total. The first-order valence-electron chi connectivity index (χ1n) is 5.36. The standard InChI is InChI=1S/C13H18N2/c1-10(2)11(3)15-9-13-6-4-12(8-14)5-7-13/h4-7,10-11,15H,9H2,1-3H3. The van der Waals surface area contributed by atoms with Gasteiger partial charge in [0.15, 0.2) is 0 Å². The van der Waals surface area contributed by atoms with Gasteiger partial charge in [0.05, 0.1) is 11.6 Å². The smallest absolute Gasteiger partial charge is 0.0991 e. The molecule has 0 aliphatic carbocycles. The van der Waals surface area contributed by atoms with E-state index in [1.54, 1.807) is 0 Å². The number of hydrogen-bond acceptors (Lipinski definition) is 2. The Balaban J connectivity index is 2.48. The second-order valence-corrected chi connectivity index (χ2v) is 4.22. The van der Waals surface area contributed by atoms with E-state index >= 15 is 0 Å². The van der Waals surface area contributed by atoms with E-state index in [0.29, 0.717) is 12.0 Å². The van der Waals surface area contributed by atoms with E-state index in [1.807, 2.05) is 24.3 Å². The van der Waals surface area contributed by atoms with Crippen molar-refractivity contribution in [1.82, 2.24) is 5.32 Å². The molecule has 0 aromatic heterocycles. The summed E-state index contributed by atoms with van der Waals surface area (Å²) < 4.78 is 0. The van der Waals surface area contributed by atoms with Crippen LogP contribution in [0.4, 0.5) is 0 Å². The summed E-state index contributed by atoms with van der Waals surface area (Å²) in [5.74, 6) is 0.642. The second-order valence-electron chi connectivity index (χ2n) is 4.22. The summed E-state index contributed by atoms with van der Waals surface area (Å²) in [4.78, 5) is 0. The highest BCUT2D eigenvalue weighted by Crippen LogP contribution is 2.05. The van der Waals surface area contributed by atoms with E-state index in [-0.39, 0.29) is 0 Å². The highest BCUT2D eigenvalue weighted by Gasteiger charge is 2.05. The molecule has 1 atom stereocenters. The molecule has 0 amide bonds. The van der Waals surface area contributed by atoms with E-state index in [2.05, 4.69) is 32.2 Å². The summed E-state index contributed by atoms with van der Waals surface area (Å²) in [6.45, 7) is 7.46. The molecular weight excluding hydrogens is 184 g/mol. The fourth-order valence-corrected chi connectivity index (χ4v) is 1.21. The number of nitriles is 1. The maximum Gasteiger partial charge on any atom is 0.0991 e. The minimum atomic E-state index is 0.514. The number of rotatable bonds is 4. The third kappa shape index (κ3) is 3.73. The van der Waals surface area contributed by atoms with Crippen LogP contribution >= 0.6 is 0 Å². The lowest BCUT2D eigenvalue weighted by atomic mass is 10.1. The summed E-state index contributed by atoms with van der Waals surface area (Å²) in [6.07, 6.45) is 0. The maximum absolute atomic E-state index is 8.65. The van der Waals surface area contributed by atoms with Crippen LogP contribution in [0.25, 0.3) is 0 Å². The molecule has 1 unspecified atom stereocenters. The molecule has 0 aliphatic rings. The van der Waals surface area contributed by atoms with Crippen LogP contribution in [0.5, 0.6) is 0 Å². The first-order chi connectivity index (χ1) is 7.13. The summed E-state index contributed by atoms with van der Waals surface area (Å²) in [7, 11) is 0. The molecule has 1 rings (SSSR count). The number of nitrogens with zero attached hydrogens (tertiary/aromatic N) is 1. The molecule has 0 heterocycles. The molecule has 15 heavy (non-hydrogen) atoms. The van der Waals surface area contributed by atoms with Crippen molar-refractivity contribution in [2.45, 2.75) is 33.4 Å². The van der Waals surface area contributed by atoms with Crippen LogP contribution in [-0.2, 0) is 6.54 Å². The Morgan fingerprint density at radius 1 is 1.20 bits per heavy atom. The van der Waals surface area contributed by atoms with Gasteiger partial charge in [-0.05, 0) is 30.5 Å². The molecule has 0 bridgehead atoms. The van der Waals surface area contributed by atoms with Gasteiger partial charge in [0.2, 0.25) is 0 Å². The lowest BCUT2D eigenvalue weighted by Gasteiger charge is -2.17. The van der Waals surface area contributed by atoms with Crippen LogP contribution in [0.3, 0.4) is 0 Å². The molecule has 0 fully saturated rings. The van der Waals surface area contributed by atoms with Gasteiger partial charge in [-0.3, -0.25) is 0 Å². The quantitative estimate of drug-likeness (QED) is 0.814. The predicted molar refractivity (Wildman–Crippen MR) is 62.3 cm³/mol. The third-order valence-electron chi connectivity index (χ3n) is 2.71. The van der Waals surface area contributed by atoms with E-state index < -0.39 is 0 Å². The fraction of sp³-hybridized carbons (Fsp3) is 0.462. The molecule has 2 nitrogen and oxygen atoms in total. The Kier molecular flexibility index (Phi) is 4.33.